The Morgan fingerprint density at radius 1 is 1.14 bits per heavy atom. The van der Waals surface area contributed by atoms with Gasteiger partial charge in [0, 0.05) is 51.2 Å². The molecule has 3 fully saturated rings. The number of ether oxygens (including phenoxy) is 2. The molecule has 1 N–H and O–H groups in total. The second-order valence-electron chi connectivity index (χ2n) is 9.83. The third kappa shape index (κ3) is 4.28. The van der Waals surface area contributed by atoms with Crippen LogP contribution in [0, 0.1) is 5.82 Å². The maximum absolute atomic E-state index is 15.2. The predicted octanol–water partition coefficient (Wildman–Crippen LogP) is 2.66. The van der Waals surface area contributed by atoms with Crippen LogP contribution in [0.25, 0.3) is 0 Å². The first-order valence-corrected chi connectivity index (χ1v) is 12.7. The van der Waals surface area contributed by atoms with Crippen molar-refractivity contribution in [2.45, 2.75) is 31.4 Å². The minimum absolute atomic E-state index is 0.00835. The molecule has 10 heteroatoms. The third-order valence-electron chi connectivity index (χ3n) is 7.76. The van der Waals surface area contributed by atoms with Gasteiger partial charge in [-0.05, 0) is 36.6 Å². The van der Waals surface area contributed by atoms with E-state index in [1.807, 2.05) is 11.0 Å². The van der Waals surface area contributed by atoms with Crippen molar-refractivity contribution in [2.75, 3.05) is 62.7 Å². The van der Waals surface area contributed by atoms with Gasteiger partial charge in [0.2, 0.25) is 5.91 Å². The number of anilines is 3. The lowest BCUT2D eigenvalue weighted by Crippen LogP contribution is -2.54. The highest BCUT2D eigenvalue weighted by molar-refractivity contribution is 5.87. The van der Waals surface area contributed by atoms with Crippen LogP contribution in [-0.4, -0.2) is 84.2 Å². The minimum atomic E-state index is -0.363. The van der Waals surface area contributed by atoms with Crippen LogP contribution in [0.15, 0.2) is 31.1 Å². The zero-order valence-corrected chi connectivity index (χ0v) is 20.3. The van der Waals surface area contributed by atoms with E-state index >= 15 is 4.39 Å². The summed E-state index contributed by atoms with van der Waals surface area (Å²) >= 11 is 0. The second kappa shape index (κ2) is 9.67. The fraction of sp³-hybridized carbons (Fsp3) is 0.500. The van der Waals surface area contributed by atoms with Gasteiger partial charge in [-0.1, -0.05) is 6.58 Å². The topological polar surface area (TPSA) is 83.1 Å². The molecule has 1 aromatic heterocycles. The van der Waals surface area contributed by atoms with Gasteiger partial charge in [-0.3, -0.25) is 9.69 Å². The SMILES string of the molecule is C=CC(=O)N1CCC(N2CC(c3cc(F)c4c(c3)Nc3ncnc(N5CCOCC5)c3CO4)C2)CC1. The van der Waals surface area contributed by atoms with E-state index in [1.165, 1.54) is 6.08 Å². The molecule has 9 nitrogen and oxygen atoms in total. The summed E-state index contributed by atoms with van der Waals surface area (Å²) in [6.07, 6.45) is 4.85. The van der Waals surface area contributed by atoms with E-state index in [1.54, 1.807) is 12.4 Å². The van der Waals surface area contributed by atoms with Crippen LogP contribution in [0.2, 0.25) is 0 Å². The van der Waals surface area contributed by atoms with E-state index in [-0.39, 0.29) is 30.0 Å². The highest BCUT2D eigenvalue weighted by Gasteiger charge is 2.36. The number of benzene rings is 1. The molecule has 0 bridgehead atoms. The first-order valence-electron chi connectivity index (χ1n) is 12.7. The summed E-state index contributed by atoms with van der Waals surface area (Å²) in [5.74, 6) is 1.58. The van der Waals surface area contributed by atoms with Gasteiger partial charge >= 0.3 is 0 Å². The Kier molecular flexibility index (Phi) is 6.22. The Morgan fingerprint density at radius 3 is 2.67 bits per heavy atom. The average Bonchev–Trinajstić information content (AvgIpc) is 3.08. The standard InChI is InChI=1S/C26H31FN6O3/c1-2-23(34)31-5-3-19(4-6-31)33-13-18(14-33)17-11-21(27)24-22(12-17)30-25-20(15-36-24)26(29-16-28-25)32-7-9-35-10-8-32/h2,11-12,16,18-19H,1,3-10,13-15H2,(H,28,29,30). The molecule has 4 aliphatic heterocycles. The largest absolute Gasteiger partial charge is 0.483 e. The fourth-order valence-electron chi connectivity index (χ4n) is 5.66. The van der Waals surface area contributed by atoms with Crippen LogP contribution in [0.3, 0.4) is 0 Å². The number of carbonyl (C=O) groups excluding carboxylic acids is 1. The number of halogens is 1. The Hall–Kier alpha value is -3.24. The summed E-state index contributed by atoms with van der Waals surface area (Å²) < 4.78 is 26.7. The smallest absolute Gasteiger partial charge is 0.245 e. The molecule has 0 radical (unpaired) electrons. The molecule has 0 saturated carbocycles. The van der Waals surface area contributed by atoms with E-state index < -0.39 is 0 Å². The average molecular weight is 495 g/mol. The van der Waals surface area contributed by atoms with Crippen LogP contribution in [0.4, 0.5) is 21.7 Å². The zero-order valence-electron chi connectivity index (χ0n) is 20.3. The van der Waals surface area contributed by atoms with Crippen molar-refractivity contribution in [3.63, 3.8) is 0 Å². The van der Waals surface area contributed by atoms with Gasteiger partial charge in [0.15, 0.2) is 11.6 Å². The molecule has 0 unspecified atom stereocenters. The number of nitrogens with zero attached hydrogens (tertiary/aromatic N) is 5. The maximum atomic E-state index is 15.2. The third-order valence-corrected chi connectivity index (χ3v) is 7.76. The van der Waals surface area contributed by atoms with E-state index in [0.29, 0.717) is 30.8 Å². The van der Waals surface area contributed by atoms with Gasteiger partial charge in [-0.2, -0.15) is 0 Å². The Bertz CT molecular complexity index is 1160. The van der Waals surface area contributed by atoms with Crippen LogP contribution in [0.5, 0.6) is 5.75 Å². The van der Waals surface area contributed by atoms with Crippen LogP contribution in [-0.2, 0) is 16.1 Å². The normalized spacial score (nSPS) is 20.9. The number of piperidine rings is 1. The summed E-state index contributed by atoms with van der Waals surface area (Å²) in [4.78, 5) is 27.3. The van der Waals surface area contributed by atoms with Crippen LogP contribution in [0.1, 0.15) is 29.9 Å². The number of hydrogen-bond acceptors (Lipinski definition) is 8. The maximum Gasteiger partial charge on any atom is 0.245 e. The monoisotopic (exact) mass is 494 g/mol. The van der Waals surface area contributed by atoms with Crippen molar-refractivity contribution in [1.82, 2.24) is 19.8 Å². The highest BCUT2D eigenvalue weighted by atomic mass is 19.1. The van der Waals surface area contributed by atoms with Crippen molar-refractivity contribution in [3.05, 3.63) is 48.1 Å². The van der Waals surface area contributed by atoms with E-state index in [9.17, 15) is 4.79 Å². The summed E-state index contributed by atoms with van der Waals surface area (Å²) in [5.41, 5.74) is 2.39. The fourth-order valence-corrected chi connectivity index (χ4v) is 5.66. The van der Waals surface area contributed by atoms with E-state index in [4.69, 9.17) is 9.47 Å². The van der Waals surface area contributed by atoms with E-state index in [2.05, 4.69) is 31.7 Å². The van der Waals surface area contributed by atoms with Crippen LogP contribution >= 0.6 is 0 Å². The van der Waals surface area contributed by atoms with Gasteiger partial charge in [0.25, 0.3) is 0 Å². The van der Waals surface area contributed by atoms with Crippen molar-refractivity contribution in [2.24, 2.45) is 0 Å². The molecule has 3 saturated heterocycles. The number of rotatable bonds is 4. The van der Waals surface area contributed by atoms with Crippen molar-refractivity contribution >= 4 is 23.2 Å². The van der Waals surface area contributed by atoms with Gasteiger partial charge < -0.3 is 24.6 Å². The van der Waals surface area contributed by atoms with Crippen molar-refractivity contribution in [3.8, 4) is 5.75 Å². The lowest BCUT2D eigenvalue weighted by molar-refractivity contribution is -0.127. The Balaban J connectivity index is 1.15. The molecule has 2 aromatic rings. The number of hydrogen-bond donors (Lipinski definition) is 1. The number of nitrogens with one attached hydrogen (secondary N) is 1. The first-order chi connectivity index (χ1) is 17.6. The van der Waals surface area contributed by atoms with Gasteiger partial charge in [0.1, 0.15) is 24.6 Å². The summed E-state index contributed by atoms with van der Waals surface area (Å²) in [5, 5.41) is 3.33. The van der Waals surface area contributed by atoms with E-state index in [0.717, 1.165) is 69.1 Å². The molecule has 190 valence electrons. The quantitative estimate of drug-likeness (QED) is 0.650. The number of aromatic nitrogens is 2. The molecule has 6 rings (SSSR count). The van der Waals surface area contributed by atoms with Gasteiger partial charge in [-0.25, -0.2) is 14.4 Å². The molecule has 5 heterocycles. The number of morpholine rings is 1. The molecule has 1 aromatic carbocycles. The Labute approximate surface area is 209 Å². The number of carbonyl (C=O) groups is 1. The summed E-state index contributed by atoms with van der Waals surface area (Å²) in [6, 6.07) is 4.07. The summed E-state index contributed by atoms with van der Waals surface area (Å²) in [7, 11) is 0. The predicted molar refractivity (Wildman–Crippen MR) is 133 cm³/mol. The molecule has 4 aliphatic rings. The minimum Gasteiger partial charge on any atom is -0.483 e. The zero-order chi connectivity index (χ0) is 24.6. The number of fused-ring (bicyclic) bond motifs is 2. The Morgan fingerprint density at radius 2 is 1.92 bits per heavy atom. The number of amides is 1. The van der Waals surface area contributed by atoms with Crippen molar-refractivity contribution < 1.29 is 18.7 Å². The van der Waals surface area contributed by atoms with Crippen LogP contribution < -0.4 is 15.0 Å². The molecule has 0 spiro atoms. The lowest BCUT2D eigenvalue weighted by atomic mass is 9.87. The van der Waals surface area contributed by atoms with Gasteiger partial charge in [-0.15, -0.1) is 0 Å². The summed E-state index contributed by atoms with van der Waals surface area (Å²) in [6.45, 7) is 9.87. The second-order valence-corrected chi connectivity index (χ2v) is 9.83. The highest BCUT2D eigenvalue weighted by Crippen LogP contribution is 2.41. The molecular weight excluding hydrogens is 463 g/mol. The molecule has 0 aliphatic carbocycles. The van der Waals surface area contributed by atoms with Crippen molar-refractivity contribution in [1.29, 1.82) is 0 Å². The van der Waals surface area contributed by atoms with Gasteiger partial charge in [0.05, 0.1) is 24.5 Å². The molecule has 1 amide bonds. The lowest BCUT2D eigenvalue weighted by Gasteiger charge is -2.47. The number of likely N-dealkylation sites (tertiary alicyclic amines) is 2. The molecule has 0 atom stereocenters. The molecular formula is C26H31FN6O3. The molecule has 36 heavy (non-hydrogen) atoms. The first kappa shape index (κ1) is 23.2.